The number of unbranched alkanes of at least 4 members (excludes halogenated alkanes) is 2. The van der Waals surface area contributed by atoms with Crippen molar-refractivity contribution in [1.29, 1.82) is 0 Å². The molecule has 0 aromatic heterocycles. The minimum absolute atomic E-state index is 0. The van der Waals surface area contributed by atoms with Crippen molar-refractivity contribution < 1.29 is 24.0 Å². The summed E-state index contributed by atoms with van der Waals surface area (Å²) >= 11 is 0. The monoisotopic (exact) mass is 132 g/mol. The van der Waals surface area contributed by atoms with Crippen molar-refractivity contribution in [2.45, 2.75) is 38.7 Å². The van der Waals surface area contributed by atoms with Crippen LogP contribution in [-0.4, -0.2) is 11.2 Å². The predicted molar refractivity (Wildman–Crippen MR) is 37.3 cm³/mol. The SMILES string of the molecule is [C-]#C[C@@H](O)CCCCC.[Li+]. The van der Waals surface area contributed by atoms with Crippen molar-refractivity contribution in [2.24, 2.45) is 0 Å². The second-order valence-electron chi connectivity index (χ2n) is 2.16. The van der Waals surface area contributed by atoms with Crippen LogP contribution in [0.15, 0.2) is 0 Å². The van der Waals surface area contributed by atoms with E-state index in [4.69, 9.17) is 11.5 Å². The van der Waals surface area contributed by atoms with E-state index in [1.54, 1.807) is 0 Å². The van der Waals surface area contributed by atoms with Gasteiger partial charge in [0, 0.05) is 0 Å². The Balaban J connectivity index is 0. The van der Waals surface area contributed by atoms with Crippen LogP contribution >= 0.6 is 0 Å². The van der Waals surface area contributed by atoms with Gasteiger partial charge in [0.1, 0.15) is 0 Å². The summed E-state index contributed by atoms with van der Waals surface area (Å²) < 4.78 is 0. The summed E-state index contributed by atoms with van der Waals surface area (Å²) in [7, 11) is 0. The van der Waals surface area contributed by atoms with E-state index in [2.05, 4.69) is 6.92 Å². The molecule has 0 rings (SSSR count). The Hall–Kier alpha value is 0.117. The van der Waals surface area contributed by atoms with Crippen LogP contribution in [-0.2, 0) is 0 Å². The number of hydrogen-bond donors (Lipinski definition) is 1. The molecule has 1 nitrogen and oxygen atoms in total. The molecule has 0 bridgehead atoms. The summed E-state index contributed by atoms with van der Waals surface area (Å²) in [6.45, 7) is 2.11. The summed E-state index contributed by atoms with van der Waals surface area (Å²) in [6, 6.07) is 0. The minimum atomic E-state index is -0.628. The first-order valence-corrected chi connectivity index (χ1v) is 3.41. The molecule has 1 N–H and O–H groups in total. The van der Waals surface area contributed by atoms with Gasteiger partial charge in [-0.15, -0.1) is 0 Å². The zero-order chi connectivity index (χ0) is 7.11. The topological polar surface area (TPSA) is 20.2 Å². The van der Waals surface area contributed by atoms with Crippen molar-refractivity contribution in [3.63, 3.8) is 0 Å². The molecule has 0 aromatic rings. The Morgan fingerprint density at radius 2 is 2.10 bits per heavy atom. The van der Waals surface area contributed by atoms with E-state index < -0.39 is 6.10 Å². The largest absolute Gasteiger partial charge is 1.00 e. The number of hydrogen-bond acceptors (Lipinski definition) is 1. The minimum Gasteiger partial charge on any atom is -0.691 e. The molecule has 0 saturated carbocycles. The van der Waals surface area contributed by atoms with Gasteiger partial charge in [-0.1, -0.05) is 26.2 Å². The Labute approximate surface area is 75.4 Å². The first-order chi connectivity index (χ1) is 4.31. The summed E-state index contributed by atoms with van der Waals surface area (Å²) in [5.41, 5.74) is 0. The Bertz CT molecular complexity index is 95.9. The molecule has 0 fully saturated rings. The molecule has 52 valence electrons. The summed E-state index contributed by atoms with van der Waals surface area (Å²) in [5.74, 6) is 2.03. The maximum atomic E-state index is 8.79. The molecule has 0 amide bonds. The van der Waals surface area contributed by atoms with Gasteiger partial charge in [0.2, 0.25) is 0 Å². The molecule has 0 aliphatic heterocycles. The molecule has 0 aliphatic carbocycles. The third kappa shape index (κ3) is 8.12. The average molecular weight is 132 g/mol. The molecule has 1 atom stereocenters. The summed E-state index contributed by atoms with van der Waals surface area (Å²) in [6.07, 6.45) is 9.91. The second kappa shape index (κ2) is 9.12. The molecule has 0 saturated heterocycles. The molecule has 0 aromatic carbocycles. The second-order valence-corrected chi connectivity index (χ2v) is 2.16. The van der Waals surface area contributed by atoms with Gasteiger partial charge in [-0.3, -0.25) is 0 Å². The predicted octanol–water partition coefficient (Wildman–Crippen LogP) is -1.48. The van der Waals surface area contributed by atoms with Crippen LogP contribution in [0.4, 0.5) is 0 Å². The van der Waals surface area contributed by atoms with E-state index in [1.165, 1.54) is 0 Å². The van der Waals surface area contributed by atoms with Crippen LogP contribution in [0.1, 0.15) is 32.6 Å². The fraction of sp³-hybridized carbons (Fsp3) is 0.750. The van der Waals surface area contributed by atoms with Gasteiger partial charge in [-0.05, 0) is 6.42 Å². The van der Waals surface area contributed by atoms with Crippen molar-refractivity contribution in [3.05, 3.63) is 6.42 Å². The molecular formula is C8H13LiO. The third-order valence-corrected chi connectivity index (χ3v) is 1.25. The summed E-state index contributed by atoms with van der Waals surface area (Å²) in [4.78, 5) is 0. The van der Waals surface area contributed by atoms with E-state index in [0.29, 0.717) is 6.42 Å². The van der Waals surface area contributed by atoms with Gasteiger partial charge >= 0.3 is 18.9 Å². The van der Waals surface area contributed by atoms with Crippen molar-refractivity contribution >= 4 is 0 Å². The molecule has 10 heavy (non-hydrogen) atoms. The van der Waals surface area contributed by atoms with Crippen molar-refractivity contribution in [2.75, 3.05) is 0 Å². The number of aliphatic hydroxyl groups excluding tert-OH is 1. The van der Waals surface area contributed by atoms with Crippen LogP contribution < -0.4 is 18.9 Å². The maximum Gasteiger partial charge on any atom is 1.00 e. The van der Waals surface area contributed by atoms with Gasteiger partial charge in [-0.25, -0.2) is 0 Å². The van der Waals surface area contributed by atoms with E-state index in [1.807, 2.05) is 5.92 Å². The van der Waals surface area contributed by atoms with Crippen LogP contribution in [0.2, 0.25) is 0 Å². The fourth-order valence-corrected chi connectivity index (χ4v) is 0.660. The van der Waals surface area contributed by atoms with Crippen molar-refractivity contribution in [1.82, 2.24) is 0 Å². The van der Waals surface area contributed by atoms with Gasteiger partial charge in [0.25, 0.3) is 0 Å². The standard InChI is InChI=1S/C8H13O.Li/c1-3-5-6-7-8(9)4-2;/h8-9H,3,5-7H2,1H3;/q-1;+1/t8-;/m1./s1. The van der Waals surface area contributed by atoms with Crippen LogP contribution in [0.3, 0.4) is 0 Å². The summed E-state index contributed by atoms with van der Waals surface area (Å²) in [5, 5.41) is 8.79. The number of aliphatic hydroxyl groups is 1. The average Bonchev–Trinajstić information content (AvgIpc) is 1.89. The zero-order valence-electron chi connectivity index (χ0n) is 6.85. The number of rotatable bonds is 4. The molecule has 0 heterocycles. The van der Waals surface area contributed by atoms with Gasteiger partial charge in [-0.2, -0.15) is 0 Å². The molecule has 0 spiro atoms. The Morgan fingerprint density at radius 1 is 1.50 bits per heavy atom. The zero-order valence-corrected chi connectivity index (χ0v) is 6.85. The van der Waals surface area contributed by atoms with Crippen molar-refractivity contribution in [3.8, 4) is 5.92 Å². The van der Waals surface area contributed by atoms with E-state index >= 15 is 0 Å². The first-order valence-electron chi connectivity index (χ1n) is 3.41. The molecule has 2 heteroatoms. The van der Waals surface area contributed by atoms with E-state index in [0.717, 1.165) is 19.3 Å². The van der Waals surface area contributed by atoms with E-state index in [-0.39, 0.29) is 18.9 Å². The van der Waals surface area contributed by atoms with Crippen LogP contribution in [0.25, 0.3) is 0 Å². The molecule has 0 radical (unpaired) electrons. The molecular weight excluding hydrogens is 119 g/mol. The van der Waals surface area contributed by atoms with Gasteiger partial charge in [0.15, 0.2) is 0 Å². The Morgan fingerprint density at radius 3 is 2.50 bits per heavy atom. The molecule has 0 aliphatic rings. The Kier molecular flexibility index (Phi) is 11.6. The van der Waals surface area contributed by atoms with E-state index in [9.17, 15) is 0 Å². The maximum absolute atomic E-state index is 8.79. The van der Waals surface area contributed by atoms with Crippen LogP contribution in [0.5, 0.6) is 0 Å². The fourth-order valence-electron chi connectivity index (χ4n) is 0.660. The normalized spacial score (nSPS) is 11.3. The quantitative estimate of drug-likeness (QED) is 0.214. The smallest absolute Gasteiger partial charge is 0.691 e. The molecule has 0 unspecified atom stereocenters. The van der Waals surface area contributed by atoms with Crippen LogP contribution in [0, 0.1) is 12.3 Å². The van der Waals surface area contributed by atoms with Gasteiger partial charge in [0.05, 0.1) is 6.10 Å². The third-order valence-electron chi connectivity index (χ3n) is 1.25. The van der Waals surface area contributed by atoms with Gasteiger partial charge < -0.3 is 17.5 Å². The first kappa shape index (κ1) is 12.8.